The van der Waals surface area contributed by atoms with E-state index in [0.29, 0.717) is 24.0 Å². The molecule has 0 radical (unpaired) electrons. The number of amides is 1. The number of piperidine rings is 1. The Morgan fingerprint density at radius 2 is 2.57 bits per heavy atom. The Hall–Kier alpha value is -2.62. The molecule has 2 N–H and O–H groups in total. The van der Waals surface area contributed by atoms with E-state index in [-0.39, 0.29) is 36.7 Å². The second-order valence-electron chi connectivity index (χ2n) is 5.80. The first kappa shape index (κ1) is 11.0. The zero-order valence-corrected chi connectivity index (χ0v) is 12.8. The average Bonchev–Trinajstić information content (AvgIpc) is 3.04. The first-order valence-electron chi connectivity index (χ1n) is 9.49. The molecule has 3 heterocycles. The number of hydrogen-bond acceptors (Lipinski definition) is 2. The van der Waals surface area contributed by atoms with Gasteiger partial charge in [-0.3, -0.25) is 9.37 Å². The first-order valence-corrected chi connectivity index (χ1v) is 7.49. The van der Waals surface area contributed by atoms with Gasteiger partial charge in [0.15, 0.2) is 6.30 Å². The zero-order valence-electron chi connectivity index (χ0n) is 16.8. The Bertz CT molecular complexity index is 970. The van der Waals surface area contributed by atoms with Gasteiger partial charge in [-0.1, -0.05) is 6.92 Å². The molecule has 1 aliphatic rings. The lowest BCUT2D eigenvalue weighted by Crippen LogP contribution is -2.54. The number of carbonyl (C=O) groups excluding carboxylic acids is 1. The van der Waals surface area contributed by atoms with Crippen LogP contribution in [0.2, 0.25) is 0 Å². The monoisotopic (exact) mass is 317 g/mol. The molecule has 0 aromatic carbocycles. The van der Waals surface area contributed by atoms with E-state index >= 15 is 0 Å². The normalized spacial score (nSPS) is 25.8. The second kappa shape index (κ2) is 6.24. The van der Waals surface area contributed by atoms with Crippen LogP contribution >= 0.6 is 0 Å². The molecule has 0 saturated carbocycles. The number of hydrogen-bond donors (Lipinski definition) is 2. The zero-order chi connectivity index (χ0) is 19.8. The number of nitrogens with zero attached hydrogens (tertiary/aromatic N) is 4. The maximum Gasteiger partial charge on any atom is 0.302 e. The van der Waals surface area contributed by atoms with Crippen molar-refractivity contribution in [2.45, 2.75) is 19.4 Å². The Morgan fingerprint density at radius 3 is 3.35 bits per heavy atom. The van der Waals surface area contributed by atoms with Gasteiger partial charge in [-0.15, -0.1) is 0 Å². The molecule has 2 atom stereocenters. The standard InChI is InChI=1S/C16H20N6O/c1-11-5-7-22(14(23)8-17-2)9-13(11)21(3)16-12-4-6-18-15(12)19-10-20-16/h4,6,10-11,13H,5,7-9H2,1,3H3,(H,18,19,20)/p+1/t11-,13+/m1/s1/i3D3,10D. The molecule has 23 heavy (non-hydrogen) atoms. The van der Waals surface area contributed by atoms with Crippen molar-refractivity contribution in [3.63, 3.8) is 0 Å². The number of rotatable bonds is 2. The van der Waals surface area contributed by atoms with Gasteiger partial charge >= 0.3 is 5.91 Å². The molecule has 1 aliphatic heterocycles. The second-order valence-corrected chi connectivity index (χ2v) is 5.80. The van der Waals surface area contributed by atoms with E-state index < -0.39 is 13.0 Å². The summed E-state index contributed by atoms with van der Waals surface area (Å²) in [6.07, 6.45) is 2.12. The number of aromatic nitrogens is 3. The summed E-state index contributed by atoms with van der Waals surface area (Å²) in [6.45, 7) is 6.84. The Balaban J connectivity index is 2.19. The summed E-state index contributed by atoms with van der Waals surface area (Å²) in [6, 6.07) is 1.22. The molecule has 1 saturated heterocycles. The molecular weight excluding hydrogens is 292 g/mol. The van der Waals surface area contributed by atoms with Gasteiger partial charge in [0.1, 0.15) is 18.4 Å². The molecule has 2 aromatic rings. The maximum atomic E-state index is 12.2. The molecule has 120 valence electrons. The van der Waals surface area contributed by atoms with Gasteiger partial charge in [-0.25, -0.2) is 11.6 Å². The Kier molecular flexibility index (Phi) is 2.99. The minimum absolute atomic E-state index is 0.00663. The molecule has 1 amide bonds. The van der Waals surface area contributed by atoms with E-state index in [9.17, 15) is 4.79 Å². The summed E-state index contributed by atoms with van der Waals surface area (Å²) in [5, 5.41) is 0.568. The fraction of sp³-hybridized carbons (Fsp3) is 0.500. The van der Waals surface area contributed by atoms with Crippen LogP contribution in [0.25, 0.3) is 15.9 Å². The van der Waals surface area contributed by atoms with Crippen molar-refractivity contribution in [1.29, 1.82) is 0 Å². The van der Waals surface area contributed by atoms with Crippen LogP contribution in [-0.4, -0.2) is 58.4 Å². The quantitative estimate of drug-likeness (QED) is 0.623. The molecule has 0 spiro atoms. The number of likely N-dealkylation sites (N-methyl/N-ethyl adjacent to an activating group) is 1. The van der Waals surface area contributed by atoms with Crippen LogP contribution in [-0.2, 0) is 4.79 Å². The van der Waals surface area contributed by atoms with Crippen molar-refractivity contribution in [3.8, 4) is 0 Å². The summed E-state index contributed by atoms with van der Waals surface area (Å²) >= 11 is 0. The van der Waals surface area contributed by atoms with Gasteiger partial charge < -0.3 is 14.7 Å². The lowest BCUT2D eigenvalue weighted by atomic mass is 9.93. The van der Waals surface area contributed by atoms with Crippen molar-refractivity contribution >= 4 is 16.9 Å². The lowest BCUT2D eigenvalue weighted by Gasteiger charge is -2.35. The van der Waals surface area contributed by atoms with Crippen molar-refractivity contribution in [2.24, 2.45) is 5.92 Å². The summed E-state index contributed by atoms with van der Waals surface area (Å²) in [4.78, 5) is 26.6. The first-order chi connectivity index (χ1) is 12.7. The molecule has 7 heteroatoms. The molecule has 3 rings (SSSR count). The van der Waals surface area contributed by atoms with E-state index in [1.165, 1.54) is 4.58 Å². The van der Waals surface area contributed by atoms with Crippen LogP contribution in [0.4, 0.5) is 0 Å². The number of H-pyrrole nitrogens is 2. The van der Waals surface area contributed by atoms with Crippen molar-refractivity contribution in [3.05, 3.63) is 35.5 Å². The fourth-order valence-electron chi connectivity index (χ4n) is 2.98. The number of carbonyl (C=O) groups is 1. The topological polar surface area (TPSA) is 72.2 Å². The molecule has 0 aliphatic carbocycles. The van der Waals surface area contributed by atoms with Crippen LogP contribution in [0.1, 0.15) is 18.8 Å². The summed E-state index contributed by atoms with van der Waals surface area (Å²) in [5.74, 6) is -0.286. The number of nitrogens with one attached hydrogen (secondary N) is 2. The van der Waals surface area contributed by atoms with Crippen LogP contribution in [0.15, 0.2) is 18.6 Å². The van der Waals surface area contributed by atoms with Gasteiger partial charge in [0, 0.05) is 12.7 Å². The summed E-state index contributed by atoms with van der Waals surface area (Å²) in [5.41, 5.74) is 0.704. The Labute approximate surface area is 140 Å². The molecule has 1 fully saturated rings. The molecule has 0 bridgehead atoms. The third-order valence-electron chi connectivity index (χ3n) is 4.38. The lowest BCUT2D eigenvalue weighted by molar-refractivity contribution is -0.131. The highest BCUT2D eigenvalue weighted by atomic mass is 16.2. The number of likely N-dealkylation sites (tertiary alicyclic amines) is 1. The highest BCUT2D eigenvalue weighted by Crippen LogP contribution is 2.18. The van der Waals surface area contributed by atoms with Crippen molar-refractivity contribution in [2.75, 3.05) is 26.6 Å². The largest absolute Gasteiger partial charge is 0.346 e. The van der Waals surface area contributed by atoms with Gasteiger partial charge in [-0.05, 0) is 18.4 Å². The third kappa shape index (κ3) is 2.84. The highest BCUT2D eigenvalue weighted by Gasteiger charge is 2.33. The molecule has 7 nitrogen and oxygen atoms in total. The van der Waals surface area contributed by atoms with E-state index in [4.69, 9.17) is 12.1 Å². The number of aromatic amines is 2. The summed E-state index contributed by atoms with van der Waals surface area (Å²) in [7, 11) is 0. The van der Waals surface area contributed by atoms with E-state index in [1.807, 2.05) is 6.92 Å². The van der Waals surface area contributed by atoms with Gasteiger partial charge in [-0.2, -0.15) is 4.98 Å². The third-order valence-corrected chi connectivity index (χ3v) is 4.38. The van der Waals surface area contributed by atoms with E-state index in [0.717, 1.165) is 0 Å². The minimum Gasteiger partial charge on any atom is -0.346 e. The van der Waals surface area contributed by atoms with Crippen LogP contribution in [0.3, 0.4) is 0 Å². The SMILES string of the molecule is [2H]c1nc2[nH]ccc2c(=[N+]([C@H]2CN(C(=O)C[N+]#[C-])CC[C@H]2C)C([2H])([2H])[2H])[nH]1. The predicted octanol–water partition coefficient (Wildman–Crippen LogP) is 0.449. The highest BCUT2D eigenvalue weighted by molar-refractivity contribution is 5.79. The smallest absolute Gasteiger partial charge is 0.302 e. The molecular formula is C16H21N6O+. The van der Waals surface area contributed by atoms with Crippen LogP contribution < -0.4 is 10.1 Å². The van der Waals surface area contributed by atoms with Gasteiger partial charge in [0.05, 0.1) is 17.6 Å². The summed E-state index contributed by atoms with van der Waals surface area (Å²) < 4.78 is 33.5. The predicted molar refractivity (Wildman–Crippen MR) is 87.3 cm³/mol. The average molecular weight is 317 g/mol. The van der Waals surface area contributed by atoms with Crippen LogP contribution in [0.5, 0.6) is 0 Å². The van der Waals surface area contributed by atoms with E-state index in [2.05, 4.69) is 19.8 Å². The van der Waals surface area contributed by atoms with E-state index in [1.54, 1.807) is 17.2 Å². The van der Waals surface area contributed by atoms with Crippen molar-refractivity contribution in [1.82, 2.24) is 24.4 Å². The van der Waals surface area contributed by atoms with Crippen LogP contribution in [0, 0.1) is 12.5 Å². The molecule has 0 unspecified atom stereocenters. The fourth-order valence-corrected chi connectivity index (χ4v) is 2.98. The van der Waals surface area contributed by atoms with Crippen molar-refractivity contribution < 1.29 is 10.3 Å². The maximum absolute atomic E-state index is 12.2. The van der Waals surface area contributed by atoms with Gasteiger partial charge in [0.25, 0.3) is 12.0 Å². The Morgan fingerprint density at radius 1 is 1.70 bits per heavy atom. The van der Waals surface area contributed by atoms with Gasteiger partial charge in [0.2, 0.25) is 0 Å². The molecule has 2 aromatic heterocycles. The number of fused-ring (bicyclic) bond motifs is 1. The minimum atomic E-state index is -2.49.